The molecule has 7 heteroatoms. The number of rotatable bonds is 5. The fourth-order valence-corrected chi connectivity index (χ4v) is 3.53. The fourth-order valence-electron chi connectivity index (χ4n) is 2.16. The number of nitrogens with zero attached hydrogens (tertiary/aromatic N) is 3. The molecule has 0 atom stereocenters. The minimum Gasteiger partial charge on any atom is -0.308 e. The summed E-state index contributed by atoms with van der Waals surface area (Å²) < 4.78 is 0.694. The highest BCUT2D eigenvalue weighted by Crippen LogP contribution is 2.14. The number of hydrogen-bond acceptors (Lipinski definition) is 6. The van der Waals surface area contributed by atoms with Crippen molar-refractivity contribution in [2.75, 3.05) is 13.6 Å². The van der Waals surface area contributed by atoms with E-state index in [0.29, 0.717) is 17.1 Å². The van der Waals surface area contributed by atoms with Crippen molar-refractivity contribution in [2.45, 2.75) is 19.9 Å². The van der Waals surface area contributed by atoms with Crippen LogP contribution in [0.25, 0.3) is 10.2 Å². The molecule has 0 aliphatic rings. The van der Waals surface area contributed by atoms with Gasteiger partial charge in [0.25, 0.3) is 5.56 Å². The zero-order valence-electron chi connectivity index (χ0n) is 11.9. The van der Waals surface area contributed by atoms with Crippen LogP contribution in [0.15, 0.2) is 21.6 Å². The molecule has 0 amide bonds. The van der Waals surface area contributed by atoms with Crippen LogP contribution in [0.3, 0.4) is 0 Å². The van der Waals surface area contributed by atoms with Gasteiger partial charge in [0, 0.05) is 18.3 Å². The van der Waals surface area contributed by atoms with Crippen LogP contribution >= 0.6 is 22.7 Å². The molecule has 0 radical (unpaired) electrons. The second-order valence-corrected chi connectivity index (χ2v) is 6.97. The first-order valence-electron chi connectivity index (χ1n) is 6.68. The normalized spacial score (nSPS) is 11.6. The Balaban J connectivity index is 1.65. The van der Waals surface area contributed by atoms with Crippen LogP contribution < -0.4 is 5.56 Å². The maximum atomic E-state index is 11.9. The third kappa shape index (κ3) is 3.37. The molecule has 0 aromatic carbocycles. The van der Waals surface area contributed by atoms with Crippen LogP contribution in [-0.2, 0) is 13.0 Å². The number of hydrogen-bond donors (Lipinski definition) is 1. The maximum Gasteiger partial charge on any atom is 0.268 e. The molecular weight excluding hydrogens is 304 g/mol. The second kappa shape index (κ2) is 6.05. The van der Waals surface area contributed by atoms with Gasteiger partial charge in [-0.05, 0) is 25.4 Å². The van der Waals surface area contributed by atoms with Gasteiger partial charge in [0.2, 0.25) is 0 Å². The maximum absolute atomic E-state index is 11.9. The highest BCUT2D eigenvalue weighted by Gasteiger charge is 2.08. The van der Waals surface area contributed by atoms with Crippen LogP contribution in [0.5, 0.6) is 0 Å². The average Bonchev–Trinajstić information content (AvgIpc) is 3.05. The number of aromatic amines is 1. The van der Waals surface area contributed by atoms with Gasteiger partial charge in [0.15, 0.2) is 0 Å². The number of thiazole rings is 1. The summed E-state index contributed by atoms with van der Waals surface area (Å²) in [5, 5.41) is 5.09. The van der Waals surface area contributed by atoms with Gasteiger partial charge in [0.1, 0.15) is 10.5 Å². The second-order valence-electron chi connectivity index (χ2n) is 4.99. The minimum absolute atomic E-state index is 0.0477. The summed E-state index contributed by atoms with van der Waals surface area (Å²) in [6.07, 6.45) is 0.908. The Morgan fingerprint density at radius 1 is 1.33 bits per heavy atom. The molecule has 0 unspecified atom stereocenters. The van der Waals surface area contributed by atoms with E-state index in [4.69, 9.17) is 0 Å². The standard InChI is InChI=1S/C14H16N4OS2/c1-9-15-10(8-21-9)3-5-18(2)7-12-16-11-4-6-20-13(11)14(19)17-12/h4,6,8H,3,5,7H2,1-2H3,(H,16,17,19). The van der Waals surface area contributed by atoms with E-state index in [0.717, 1.165) is 29.2 Å². The number of nitrogens with one attached hydrogen (secondary N) is 1. The van der Waals surface area contributed by atoms with E-state index in [1.54, 1.807) is 11.3 Å². The largest absolute Gasteiger partial charge is 0.308 e. The summed E-state index contributed by atoms with van der Waals surface area (Å²) >= 11 is 3.10. The van der Waals surface area contributed by atoms with Crippen LogP contribution in [-0.4, -0.2) is 33.4 Å². The molecule has 0 aliphatic heterocycles. The van der Waals surface area contributed by atoms with Crippen LogP contribution in [0.4, 0.5) is 0 Å². The molecule has 0 spiro atoms. The number of aryl methyl sites for hydroxylation is 1. The van der Waals surface area contributed by atoms with Gasteiger partial charge in [-0.25, -0.2) is 9.97 Å². The zero-order valence-corrected chi connectivity index (χ0v) is 13.6. The summed E-state index contributed by atoms with van der Waals surface area (Å²) in [5.74, 6) is 0.711. The van der Waals surface area contributed by atoms with E-state index in [2.05, 4.69) is 25.2 Å². The van der Waals surface area contributed by atoms with Crippen molar-refractivity contribution in [3.63, 3.8) is 0 Å². The monoisotopic (exact) mass is 320 g/mol. The molecule has 0 saturated heterocycles. The molecule has 0 bridgehead atoms. The Kier molecular flexibility index (Phi) is 4.14. The molecule has 0 fully saturated rings. The zero-order chi connectivity index (χ0) is 14.8. The number of fused-ring (bicyclic) bond motifs is 1. The van der Waals surface area contributed by atoms with Gasteiger partial charge in [0.05, 0.1) is 22.8 Å². The van der Waals surface area contributed by atoms with Crippen molar-refractivity contribution < 1.29 is 0 Å². The number of thiophene rings is 1. The van der Waals surface area contributed by atoms with E-state index in [-0.39, 0.29) is 5.56 Å². The van der Waals surface area contributed by atoms with Gasteiger partial charge in [-0.3, -0.25) is 9.69 Å². The summed E-state index contributed by atoms with van der Waals surface area (Å²) in [4.78, 5) is 25.9. The highest BCUT2D eigenvalue weighted by atomic mass is 32.1. The van der Waals surface area contributed by atoms with E-state index < -0.39 is 0 Å². The smallest absolute Gasteiger partial charge is 0.268 e. The predicted octanol–water partition coefficient (Wildman–Crippen LogP) is 2.42. The minimum atomic E-state index is -0.0477. The number of H-pyrrole nitrogens is 1. The van der Waals surface area contributed by atoms with Gasteiger partial charge >= 0.3 is 0 Å². The van der Waals surface area contributed by atoms with Crippen molar-refractivity contribution in [1.29, 1.82) is 0 Å². The van der Waals surface area contributed by atoms with Gasteiger partial charge in [-0.1, -0.05) is 0 Å². The van der Waals surface area contributed by atoms with Crippen molar-refractivity contribution in [3.8, 4) is 0 Å². The molecule has 110 valence electrons. The Labute approximate surface area is 130 Å². The first-order chi connectivity index (χ1) is 10.1. The van der Waals surface area contributed by atoms with Crippen molar-refractivity contribution >= 4 is 32.9 Å². The average molecular weight is 320 g/mol. The van der Waals surface area contributed by atoms with Crippen molar-refractivity contribution in [1.82, 2.24) is 19.9 Å². The summed E-state index contributed by atoms with van der Waals surface area (Å²) in [6, 6.07) is 1.89. The molecule has 3 heterocycles. The Bertz CT molecular complexity index is 805. The highest BCUT2D eigenvalue weighted by molar-refractivity contribution is 7.17. The van der Waals surface area contributed by atoms with Gasteiger partial charge < -0.3 is 4.98 Å². The first-order valence-corrected chi connectivity index (χ1v) is 8.43. The molecule has 0 saturated carbocycles. The Hall–Kier alpha value is -1.57. The Morgan fingerprint density at radius 2 is 2.19 bits per heavy atom. The quantitative estimate of drug-likeness (QED) is 0.784. The lowest BCUT2D eigenvalue weighted by Crippen LogP contribution is -2.24. The van der Waals surface area contributed by atoms with E-state index in [1.807, 2.05) is 25.4 Å². The topological polar surface area (TPSA) is 61.9 Å². The lowest BCUT2D eigenvalue weighted by atomic mass is 10.3. The van der Waals surface area contributed by atoms with E-state index in [1.165, 1.54) is 11.3 Å². The molecule has 21 heavy (non-hydrogen) atoms. The lowest BCUT2D eigenvalue weighted by Gasteiger charge is -2.15. The lowest BCUT2D eigenvalue weighted by molar-refractivity contribution is 0.321. The summed E-state index contributed by atoms with van der Waals surface area (Å²) in [5.41, 5.74) is 1.86. The molecular formula is C14H16N4OS2. The van der Waals surface area contributed by atoms with Crippen molar-refractivity contribution in [3.05, 3.63) is 43.7 Å². The Morgan fingerprint density at radius 3 is 2.95 bits per heavy atom. The third-order valence-electron chi connectivity index (χ3n) is 3.20. The molecule has 3 rings (SSSR count). The molecule has 3 aromatic rings. The van der Waals surface area contributed by atoms with Gasteiger partial charge in [-0.2, -0.15) is 0 Å². The third-order valence-corrected chi connectivity index (χ3v) is 4.92. The van der Waals surface area contributed by atoms with E-state index >= 15 is 0 Å². The summed E-state index contributed by atoms with van der Waals surface area (Å²) in [6.45, 7) is 3.53. The van der Waals surface area contributed by atoms with Crippen LogP contribution in [0.2, 0.25) is 0 Å². The summed E-state index contributed by atoms with van der Waals surface area (Å²) in [7, 11) is 2.02. The predicted molar refractivity (Wildman–Crippen MR) is 87.1 cm³/mol. The fraction of sp³-hybridized carbons (Fsp3) is 0.357. The molecule has 1 N–H and O–H groups in total. The van der Waals surface area contributed by atoms with E-state index in [9.17, 15) is 4.79 Å². The molecule has 5 nitrogen and oxygen atoms in total. The first kappa shape index (κ1) is 14.4. The molecule has 0 aliphatic carbocycles. The van der Waals surface area contributed by atoms with Crippen molar-refractivity contribution in [2.24, 2.45) is 0 Å². The molecule has 3 aromatic heterocycles. The van der Waals surface area contributed by atoms with Crippen LogP contribution in [0.1, 0.15) is 16.5 Å². The number of aromatic nitrogens is 3. The van der Waals surface area contributed by atoms with Crippen LogP contribution in [0, 0.1) is 6.92 Å². The number of likely N-dealkylation sites (N-methyl/N-ethyl adjacent to an activating group) is 1. The van der Waals surface area contributed by atoms with Gasteiger partial charge in [-0.15, -0.1) is 22.7 Å². The SMILES string of the molecule is Cc1nc(CCN(C)Cc2nc3ccsc3c(=O)[nH]2)cs1.